The van der Waals surface area contributed by atoms with Crippen molar-refractivity contribution in [1.82, 2.24) is 0 Å². The third-order valence-corrected chi connectivity index (χ3v) is 3.01. The van der Waals surface area contributed by atoms with Crippen LogP contribution in [0.2, 0.25) is 0 Å². The Balaban J connectivity index is 1.61. The minimum atomic E-state index is 0.274. The molecular weight excluding hydrogens is 254 g/mol. The Hall–Kier alpha value is -1.54. The maximum atomic E-state index is 5.59. The lowest BCUT2D eigenvalue weighted by atomic mass is 10.2. The fourth-order valence-electron chi connectivity index (χ4n) is 2.00. The van der Waals surface area contributed by atoms with E-state index in [4.69, 9.17) is 19.9 Å². The minimum Gasteiger partial charge on any atom is -0.491 e. The van der Waals surface area contributed by atoms with Gasteiger partial charge < -0.3 is 19.9 Å². The quantitative estimate of drug-likeness (QED) is 0.632. The second-order valence-electron chi connectivity index (χ2n) is 4.59. The van der Waals surface area contributed by atoms with Crippen molar-refractivity contribution in [2.24, 2.45) is 5.73 Å². The standard InChI is InChI=1S/C16H21NO3/c17-9-1-3-14-5-7-15(8-6-14)20-12-11-18-13-16-4-2-10-19-16/h5-8,16H,2,4,9-13,17H2. The van der Waals surface area contributed by atoms with Gasteiger partial charge in [-0.05, 0) is 37.1 Å². The summed E-state index contributed by atoms with van der Waals surface area (Å²) in [5.41, 5.74) is 6.27. The zero-order chi connectivity index (χ0) is 14.0. The van der Waals surface area contributed by atoms with Gasteiger partial charge in [-0.3, -0.25) is 0 Å². The molecule has 4 nitrogen and oxygen atoms in total. The number of hydrogen-bond donors (Lipinski definition) is 1. The molecule has 1 aromatic carbocycles. The first-order chi connectivity index (χ1) is 9.88. The van der Waals surface area contributed by atoms with Crippen LogP contribution in [-0.2, 0) is 9.47 Å². The third-order valence-electron chi connectivity index (χ3n) is 3.01. The molecule has 1 atom stereocenters. The van der Waals surface area contributed by atoms with Gasteiger partial charge in [-0.2, -0.15) is 0 Å². The highest BCUT2D eigenvalue weighted by molar-refractivity contribution is 5.38. The molecule has 0 spiro atoms. The van der Waals surface area contributed by atoms with Gasteiger partial charge in [0.2, 0.25) is 0 Å². The van der Waals surface area contributed by atoms with Crippen molar-refractivity contribution in [3.05, 3.63) is 29.8 Å². The molecule has 0 saturated carbocycles. The monoisotopic (exact) mass is 275 g/mol. The molecular formula is C16H21NO3. The zero-order valence-electron chi connectivity index (χ0n) is 11.6. The van der Waals surface area contributed by atoms with Crippen LogP contribution in [-0.4, -0.2) is 39.1 Å². The average Bonchev–Trinajstić information content (AvgIpc) is 2.99. The molecule has 0 aliphatic carbocycles. The van der Waals surface area contributed by atoms with Gasteiger partial charge in [0, 0.05) is 12.2 Å². The smallest absolute Gasteiger partial charge is 0.119 e. The summed E-state index contributed by atoms with van der Waals surface area (Å²) in [4.78, 5) is 0. The largest absolute Gasteiger partial charge is 0.491 e. The van der Waals surface area contributed by atoms with E-state index in [1.54, 1.807) is 0 Å². The van der Waals surface area contributed by atoms with E-state index in [9.17, 15) is 0 Å². The van der Waals surface area contributed by atoms with Gasteiger partial charge in [-0.15, -0.1) is 0 Å². The molecule has 1 aliphatic heterocycles. The highest BCUT2D eigenvalue weighted by atomic mass is 16.5. The summed E-state index contributed by atoms with van der Waals surface area (Å²) in [7, 11) is 0. The first-order valence-corrected chi connectivity index (χ1v) is 6.99. The summed E-state index contributed by atoms with van der Waals surface area (Å²) in [6, 6.07) is 7.65. The van der Waals surface area contributed by atoms with E-state index in [-0.39, 0.29) is 6.10 Å². The van der Waals surface area contributed by atoms with Gasteiger partial charge >= 0.3 is 0 Å². The molecule has 0 amide bonds. The van der Waals surface area contributed by atoms with Crippen LogP contribution in [0.5, 0.6) is 5.75 Å². The summed E-state index contributed by atoms with van der Waals surface area (Å²) in [6.07, 6.45) is 2.52. The first kappa shape index (κ1) is 14.9. The molecule has 2 rings (SSSR count). The lowest BCUT2D eigenvalue weighted by molar-refractivity contribution is 0.00853. The van der Waals surface area contributed by atoms with Crippen LogP contribution in [0.3, 0.4) is 0 Å². The van der Waals surface area contributed by atoms with Gasteiger partial charge in [-0.25, -0.2) is 0 Å². The maximum absolute atomic E-state index is 5.59. The molecule has 1 saturated heterocycles. The second kappa shape index (κ2) is 8.60. The third kappa shape index (κ3) is 5.22. The Labute approximate surface area is 120 Å². The minimum absolute atomic E-state index is 0.274. The number of ether oxygens (including phenoxy) is 3. The average molecular weight is 275 g/mol. The summed E-state index contributed by atoms with van der Waals surface area (Å²) < 4.78 is 16.6. The van der Waals surface area contributed by atoms with E-state index in [1.807, 2.05) is 24.3 Å². The predicted molar refractivity (Wildman–Crippen MR) is 77.7 cm³/mol. The van der Waals surface area contributed by atoms with Crippen LogP contribution in [0.25, 0.3) is 0 Å². The van der Waals surface area contributed by atoms with E-state index in [2.05, 4.69) is 11.8 Å². The Kier molecular flexibility index (Phi) is 6.39. The zero-order valence-corrected chi connectivity index (χ0v) is 11.6. The van der Waals surface area contributed by atoms with Gasteiger partial charge in [0.1, 0.15) is 12.4 Å². The molecule has 1 heterocycles. The van der Waals surface area contributed by atoms with Gasteiger partial charge in [-0.1, -0.05) is 11.8 Å². The molecule has 1 aromatic rings. The van der Waals surface area contributed by atoms with Crippen molar-refractivity contribution in [1.29, 1.82) is 0 Å². The first-order valence-electron chi connectivity index (χ1n) is 6.99. The molecule has 108 valence electrons. The van der Waals surface area contributed by atoms with Crippen molar-refractivity contribution in [2.45, 2.75) is 18.9 Å². The lowest BCUT2D eigenvalue weighted by Crippen LogP contribution is -2.17. The Bertz CT molecular complexity index is 441. The summed E-state index contributed by atoms with van der Waals surface area (Å²) >= 11 is 0. The van der Waals surface area contributed by atoms with Gasteiger partial charge in [0.05, 0.1) is 25.9 Å². The second-order valence-corrected chi connectivity index (χ2v) is 4.59. The number of benzene rings is 1. The molecule has 1 fully saturated rings. The fourth-order valence-corrected chi connectivity index (χ4v) is 2.00. The topological polar surface area (TPSA) is 53.7 Å². The normalized spacial score (nSPS) is 17.6. The Morgan fingerprint density at radius 1 is 1.25 bits per heavy atom. The summed E-state index contributed by atoms with van der Waals surface area (Å²) in [5, 5.41) is 0. The van der Waals surface area contributed by atoms with E-state index < -0.39 is 0 Å². The lowest BCUT2D eigenvalue weighted by Gasteiger charge is -2.10. The Morgan fingerprint density at radius 2 is 2.10 bits per heavy atom. The molecule has 0 aromatic heterocycles. The fraction of sp³-hybridized carbons (Fsp3) is 0.500. The van der Waals surface area contributed by atoms with Crippen LogP contribution < -0.4 is 10.5 Å². The number of hydrogen-bond acceptors (Lipinski definition) is 4. The highest BCUT2D eigenvalue weighted by Gasteiger charge is 2.14. The van der Waals surface area contributed by atoms with Crippen molar-refractivity contribution in [3.8, 4) is 17.6 Å². The molecule has 1 unspecified atom stereocenters. The van der Waals surface area contributed by atoms with E-state index in [1.165, 1.54) is 0 Å². The maximum Gasteiger partial charge on any atom is 0.119 e. The van der Waals surface area contributed by atoms with Crippen LogP contribution in [0.4, 0.5) is 0 Å². The van der Waals surface area contributed by atoms with Crippen molar-refractivity contribution < 1.29 is 14.2 Å². The van der Waals surface area contributed by atoms with Crippen molar-refractivity contribution in [2.75, 3.05) is 33.0 Å². The molecule has 0 radical (unpaired) electrons. The predicted octanol–water partition coefficient (Wildman–Crippen LogP) is 1.57. The van der Waals surface area contributed by atoms with Crippen LogP contribution in [0.1, 0.15) is 18.4 Å². The van der Waals surface area contributed by atoms with Crippen LogP contribution >= 0.6 is 0 Å². The van der Waals surface area contributed by atoms with E-state index >= 15 is 0 Å². The summed E-state index contributed by atoms with van der Waals surface area (Å²) in [5.74, 6) is 6.61. The van der Waals surface area contributed by atoms with Crippen LogP contribution in [0.15, 0.2) is 24.3 Å². The number of nitrogens with two attached hydrogens (primary N) is 1. The molecule has 0 bridgehead atoms. The van der Waals surface area contributed by atoms with E-state index in [0.717, 1.165) is 30.8 Å². The molecule has 4 heteroatoms. The van der Waals surface area contributed by atoms with Crippen LogP contribution in [0, 0.1) is 11.8 Å². The molecule has 20 heavy (non-hydrogen) atoms. The van der Waals surface area contributed by atoms with Crippen molar-refractivity contribution in [3.63, 3.8) is 0 Å². The molecule has 2 N–H and O–H groups in total. The van der Waals surface area contributed by atoms with Gasteiger partial charge in [0.15, 0.2) is 0 Å². The SMILES string of the molecule is NCC#Cc1ccc(OCCOCC2CCCO2)cc1. The Morgan fingerprint density at radius 3 is 2.80 bits per heavy atom. The van der Waals surface area contributed by atoms with E-state index in [0.29, 0.717) is 26.4 Å². The highest BCUT2D eigenvalue weighted by Crippen LogP contribution is 2.13. The molecule has 1 aliphatic rings. The number of rotatable bonds is 6. The summed E-state index contributed by atoms with van der Waals surface area (Å²) in [6.45, 7) is 3.02. The van der Waals surface area contributed by atoms with Crippen molar-refractivity contribution >= 4 is 0 Å². The van der Waals surface area contributed by atoms with Gasteiger partial charge in [0.25, 0.3) is 0 Å².